The normalized spacial score (nSPS) is 15.3. The van der Waals surface area contributed by atoms with Crippen LogP contribution in [0.3, 0.4) is 0 Å². The van der Waals surface area contributed by atoms with Gasteiger partial charge in [0.05, 0.1) is 11.8 Å². The number of hydrogen-bond donors (Lipinski definition) is 0. The van der Waals surface area contributed by atoms with Gasteiger partial charge in [-0.2, -0.15) is 0 Å². The SMILES string of the molecule is O=C(c1ccco1)N1CCCN(C(=O)c2ccccc2I)CC1. The highest BCUT2D eigenvalue weighted by molar-refractivity contribution is 14.1. The Balaban J connectivity index is 1.68. The third kappa shape index (κ3) is 3.57. The summed E-state index contributed by atoms with van der Waals surface area (Å²) in [6.45, 7) is 2.35. The predicted molar refractivity (Wildman–Crippen MR) is 94.3 cm³/mol. The average Bonchev–Trinajstić information content (AvgIpc) is 2.98. The number of carbonyl (C=O) groups excluding carboxylic acids is 2. The van der Waals surface area contributed by atoms with Gasteiger partial charge in [-0.25, -0.2) is 0 Å². The smallest absolute Gasteiger partial charge is 0.289 e. The Hall–Kier alpha value is -1.83. The van der Waals surface area contributed by atoms with Crippen molar-refractivity contribution in [2.75, 3.05) is 26.2 Å². The fourth-order valence-electron chi connectivity index (χ4n) is 2.68. The molecule has 120 valence electrons. The zero-order chi connectivity index (χ0) is 16.2. The lowest BCUT2D eigenvalue weighted by Crippen LogP contribution is -2.37. The largest absolute Gasteiger partial charge is 0.459 e. The molecular weight excluding hydrogens is 407 g/mol. The van der Waals surface area contributed by atoms with Crippen molar-refractivity contribution in [2.45, 2.75) is 6.42 Å². The molecule has 2 heterocycles. The van der Waals surface area contributed by atoms with Crippen molar-refractivity contribution in [3.8, 4) is 0 Å². The maximum atomic E-state index is 12.7. The van der Waals surface area contributed by atoms with Crippen molar-refractivity contribution in [1.82, 2.24) is 9.80 Å². The van der Waals surface area contributed by atoms with Crippen LogP contribution < -0.4 is 0 Å². The van der Waals surface area contributed by atoms with Gasteiger partial charge < -0.3 is 14.2 Å². The van der Waals surface area contributed by atoms with Gasteiger partial charge in [0.2, 0.25) is 0 Å². The van der Waals surface area contributed by atoms with Crippen LogP contribution in [-0.2, 0) is 0 Å². The summed E-state index contributed by atoms with van der Waals surface area (Å²) in [7, 11) is 0. The van der Waals surface area contributed by atoms with Gasteiger partial charge in [0.15, 0.2) is 5.76 Å². The number of benzene rings is 1. The number of carbonyl (C=O) groups is 2. The lowest BCUT2D eigenvalue weighted by atomic mass is 10.2. The van der Waals surface area contributed by atoms with E-state index in [0.717, 1.165) is 15.6 Å². The summed E-state index contributed by atoms with van der Waals surface area (Å²) in [6.07, 6.45) is 2.26. The molecule has 2 aromatic rings. The first kappa shape index (κ1) is 16.0. The molecule has 0 radical (unpaired) electrons. The fraction of sp³-hybridized carbons (Fsp3) is 0.294. The van der Waals surface area contributed by atoms with E-state index in [1.807, 2.05) is 29.2 Å². The van der Waals surface area contributed by atoms with E-state index in [0.29, 0.717) is 31.9 Å². The summed E-state index contributed by atoms with van der Waals surface area (Å²) in [4.78, 5) is 28.6. The molecule has 1 saturated heterocycles. The van der Waals surface area contributed by atoms with E-state index in [1.54, 1.807) is 17.0 Å². The van der Waals surface area contributed by atoms with Gasteiger partial charge in [-0.05, 0) is 53.3 Å². The molecular formula is C17H17IN2O3. The van der Waals surface area contributed by atoms with Crippen molar-refractivity contribution in [3.63, 3.8) is 0 Å². The third-order valence-corrected chi connectivity index (χ3v) is 4.85. The van der Waals surface area contributed by atoms with Gasteiger partial charge in [0.25, 0.3) is 11.8 Å². The Morgan fingerprint density at radius 3 is 2.26 bits per heavy atom. The van der Waals surface area contributed by atoms with E-state index in [-0.39, 0.29) is 11.8 Å². The first-order valence-electron chi connectivity index (χ1n) is 7.53. The first-order chi connectivity index (χ1) is 11.2. The Morgan fingerprint density at radius 1 is 0.913 bits per heavy atom. The minimum atomic E-state index is -0.112. The Kier molecular flexibility index (Phi) is 5.00. The molecule has 1 aromatic carbocycles. The molecule has 0 saturated carbocycles. The molecule has 0 bridgehead atoms. The van der Waals surface area contributed by atoms with Crippen LogP contribution in [0, 0.1) is 3.57 Å². The van der Waals surface area contributed by atoms with Crippen LogP contribution in [0.4, 0.5) is 0 Å². The Labute approximate surface area is 148 Å². The molecule has 1 aliphatic rings. The minimum Gasteiger partial charge on any atom is -0.459 e. The van der Waals surface area contributed by atoms with E-state index in [2.05, 4.69) is 22.6 Å². The van der Waals surface area contributed by atoms with Gasteiger partial charge >= 0.3 is 0 Å². The number of rotatable bonds is 2. The molecule has 0 N–H and O–H groups in total. The summed E-state index contributed by atoms with van der Waals surface area (Å²) in [5.41, 5.74) is 0.721. The van der Waals surface area contributed by atoms with Crippen LogP contribution in [0.25, 0.3) is 0 Å². The maximum Gasteiger partial charge on any atom is 0.289 e. The molecule has 0 unspecified atom stereocenters. The van der Waals surface area contributed by atoms with Gasteiger partial charge in [0.1, 0.15) is 0 Å². The first-order valence-corrected chi connectivity index (χ1v) is 8.61. The van der Waals surface area contributed by atoms with E-state index in [9.17, 15) is 9.59 Å². The zero-order valence-electron chi connectivity index (χ0n) is 12.6. The van der Waals surface area contributed by atoms with E-state index >= 15 is 0 Å². The van der Waals surface area contributed by atoms with Crippen molar-refractivity contribution in [1.29, 1.82) is 0 Å². The topological polar surface area (TPSA) is 53.8 Å². The van der Waals surface area contributed by atoms with Crippen LogP contribution in [0.2, 0.25) is 0 Å². The maximum absolute atomic E-state index is 12.7. The molecule has 2 amide bonds. The lowest BCUT2D eigenvalue weighted by Gasteiger charge is -2.22. The molecule has 1 aromatic heterocycles. The quantitative estimate of drug-likeness (QED) is 0.697. The standard InChI is InChI=1S/C17H17IN2O3/c18-14-6-2-1-5-13(14)16(21)19-8-4-9-20(11-10-19)17(22)15-7-3-12-23-15/h1-3,5-7,12H,4,8-11H2. The predicted octanol–water partition coefficient (Wildman–Crippen LogP) is 2.87. The van der Waals surface area contributed by atoms with Crippen LogP contribution in [0.5, 0.6) is 0 Å². The van der Waals surface area contributed by atoms with Crippen molar-refractivity contribution in [3.05, 3.63) is 57.6 Å². The summed E-state index contributed by atoms with van der Waals surface area (Å²) in [6, 6.07) is 10.9. The number of furan rings is 1. The molecule has 0 spiro atoms. The molecule has 0 aliphatic carbocycles. The zero-order valence-corrected chi connectivity index (χ0v) is 14.7. The number of hydrogen-bond acceptors (Lipinski definition) is 3. The molecule has 5 nitrogen and oxygen atoms in total. The van der Waals surface area contributed by atoms with Gasteiger partial charge in [0, 0.05) is 29.7 Å². The van der Waals surface area contributed by atoms with Gasteiger partial charge in [-0.3, -0.25) is 9.59 Å². The number of nitrogens with zero attached hydrogens (tertiary/aromatic N) is 2. The molecule has 3 rings (SSSR count). The number of amides is 2. The minimum absolute atomic E-state index is 0.0299. The molecule has 23 heavy (non-hydrogen) atoms. The average molecular weight is 424 g/mol. The molecule has 1 aliphatic heterocycles. The van der Waals surface area contributed by atoms with Crippen molar-refractivity contribution in [2.24, 2.45) is 0 Å². The van der Waals surface area contributed by atoms with Crippen molar-refractivity contribution >= 4 is 34.4 Å². The van der Waals surface area contributed by atoms with Crippen LogP contribution in [-0.4, -0.2) is 47.8 Å². The number of halogens is 1. The molecule has 1 fully saturated rings. The third-order valence-electron chi connectivity index (χ3n) is 3.91. The second kappa shape index (κ2) is 7.16. The Bertz CT molecular complexity index is 700. The molecule has 6 heteroatoms. The van der Waals surface area contributed by atoms with Crippen molar-refractivity contribution < 1.29 is 14.0 Å². The summed E-state index contributed by atoms with van der Waals surface area (Å²) >= 11 is 2.18. The monoisotopic (exact) mass is 424 g/mol. The van der Waals surface area contributed by atoms with Crippen LogP contribution >= 0.6 is 22.6 Å². The highest BCUT2D eigenvalue weighted by atomic mass is 127. The van der Waals surface area contributed by atoms with E-state index in [1.165, 1.54) is 6.26 Å². The fourth-order valence-corrected chi connectivity index (χ4v) is 3.30. The highest BCUT2D eigenvalue weighted by Gasteiger charge is 2.25. The van der Waals surface area contributed by atoms with Crippen LogP contribution in [0.1, 0.15) is 27.3 Å². The van der Waals surface area contributed by atoms with Gasteiger partial charge in [-0.1, -0.05) is 12.1 Å². The van der Waals surface area contributed by atoms with Gasteiger partial charge in [-0.15, -0.1) is 0 Å². The summed E-state index contributed by atoms with van der Waals surface area (Å²) < 4.78 is 6.12. The Morgan fingerprint density at radius 2 is 1.61 bits per heavy atom. The highest BCUT2D eigenvalue weighted by Crippen LogP contribution is 2.16. The molecule has 0 atom stereocenters. The van der Waals surface area contributed by atoms with E-state index < -0.39 is 0 Å². The summed E-state index contributed by atoms with van der Waals surface area (Å²) in [5.74, 6) is 0.267. The van der Waals surface area contributed by atoms with Crippen LogP contribution in [0.15, 0.2) is 47.1 Å². The summed E-state index contributed by atoms with van der Waals surface area (Å²) in [5, 5.41) is 0. The second-order valence-electron chi connectivity index (χ2n) is 5.40. The second-order valence-corrected chi connectivity index (χ2v) is 6.56. The lowest BCUT2D eigenvalue weighted by molar-refractivity contribution is 0.0700. The van der Waals surface area contributed by atoms with E-state index in [4.69, 9.17) is 4.42 Å².